The van der Waals surface area contributed by atoms with Crippen LogP contribution in [0.25, 0.3) is 0 Å². The normalized spacial score (nSPS) is 10.3. The van der Waals surface area contributed by atoms with E-state index in [1.54, 1.807) is 17.4 Å². The lowest BCUT2D eigenvalue weighted by atomic mass is 10.1. The van der Waals surface area contributed by atoms with Crippen molar-refractivity contribution in [2.45, 2.75) is 13.3 Å². The Kier molecular flexibility index (Phi) is 3.99. The summed E-state index contributed by atoms with van der Waals surface area (Å²) in [7, 11) is 0. The van der Waals surface area contributed by atoms with Gasteiger partial charge in [-0.15, -0.1) is 11.3 Å². The van der Waals surface area contributed by atoms with Crippen molar-refractivity contribution in [2.75, 3.05) is 12.3 Å². The molecule has 1 heterocycles. The molecule has 0 fully saturated rings. The molecule has 0 bridgehead atoms. The summed E-state index contributed by atoms with van der Waals surface area (Å²) in [5.41, 5.74) is 7.85. The molecule has 2 rings (SSSR count). The molecule has 3 N–H and O–H groups in total. The van der Waals surface area contributed by atoms with E-state index in [4.69, 9.17) is 5.73 Å². The summed E-state index contributed by atoms with van der Waals surface area (Å²) in [4.78, 5) is 13.3. The number of nitrogen functional groups attached to an aromatic ring is 1. The molecule has 94 valence electrons. The van der Waals surface area contributed by atoms with E-state index >= 15 is 0 Å². The number of nitrogens with two attached hydrogens (primary N) is 1. The minimum absolute atomic E-state index is 0.0952. The number of anilines is 1. The van der Waals surface area contributed by atoms with E-state index in [9.17, 15) is 4.79 Å². The number of nitrogens with one attached hydrogen (secondary N) is 1. The molecule has 1 amide bonds. The van der Waals surface area contributed by atoms with Gasteiger partial charge in [-0.25, -0.2) is 0 Å². The standard InChI is InChI=1S/C14H16N2OS/c1-10-4-2-6-12(15)13(10)14(17)16-8-7-11-5-3-9-18-11/h2-6,9H,7-8,15H2,1H3,(H,16,17). The van der Waals surface area contributed by atoms with E-state index in [1.165, 1.54) is 4.88 Å². The molecular formula is C14H16N2OS. The Bertz CT molecular complexity index is 514. The summed E-state index contributed by atoms with van der Waals surface area (Å²) in [6, 6.07) is 9.58. The first kappa shape index (κ1) is 12.6. The average Bonchev–Trinajstić information content (AvgIpc) is 2.82. The van der Waals surface area contributed by atoms with E-state index in [1.807, 2.05) is 30.5 Å². The van der Waals surface area contributed by atoms with Gasteiger partial charge in [0.1, 0.15) is 0 Å². The molecule has 2 aromatic rings. The zero-order chi connectivity index (χ0) is 13.0. The van der Waals surface area contributed by atoms with Crippen molar-refractivity contribution >= 4 is 22.9 Å². The summed E-state index contributed by atoms with van der Waals surface area (Å²) in [6.45, 7) is 2.53. The lowest BCUT2D eigenvalue weighted by Gasteiger charge is -2.09. The number of aryl methyl sites for hydroxylation is 1. The van der Waals surface area contributed by atoms with Crippen LogP contribution >= 0.6 is 11.3 Å². The molecular weight excluding hydrogens is 244 g/mol. The van der Waals surface area contributed by atoms with Crippen molar-refractivity contribution in [3.8, 4) is 0 Å². The Morgan fingerprint density at radius 1 is 1.33 bits per heavy atom. The van der Waals surface area contributed by atoms with Gasteiger partial charge in [-0.3, -0.25) is 4.79 Å². The second-order valence-corrected chi connectivity index (χ2v) is 5.16. The summed E-state index contributed by atoms with van der Waals surface area (Å²) < 4.78 is 0. The van der Waals surface area contributed by atoms with Crippen molar-refractivity contribution in [3.05, 3.63) is 51.7 Å². The Balaban J connectivity index is 1.96. The molecule has 0 aliphatic carbocycles. The van der Waals surface area contributed by atoms with E-state index in [-0.39, 0.29) is 5.91 Å². The summed E-state index contributed by atoms with van der Waals surface area (Å²) in [5, 5.41) is 4.94. The van der Waals surface area contributed by atoms with Crippen molar-refractivity contribution in [3.63, 3.8) is 0 Å². The molecule has 0 saturated heterocycles. The lowest BCUT2D eigenvalue weighted by Crippen LogP contribution is -2.27. The van der Waals surface area contributed by atoms with E-state index in [0.717, 1.165) is 12.0 Å². The predicted molar refractivity (Wildman–Crippen MR) is 75.9 cm³/mol. The number of benzene rings is 1. The molecule has 18 heavy (non-hydrogen) atoms. The van der Waals surface area contributed by atoms with E-state index in [0.29, 0.717) is 17.8 Å². The van der Waals surface area contributed by atoms with Crippen LogP contribution in [0, 0.1) is 6.92 Å². The summed E-state index contributed by atoms with van der Waals surface area (Å²) >= 11 is 1.70. The zero-order valence-electron chi connectivity index (χ0n) is 10.3. The quantitative estimate of drug-likeness (QED) is 0.830. The molecule has 0 saturated carbocycles. The number of hydrogen-bond acceptors (Lipinski definition) is 3. The molecule has 0 radical (unpaired) electrons. The SMILES string of the molecule is Cc1cccc(N)c1C(=O)NCCc1cccs1. The molecule has 0 atom stereocenters. The van der Waals surface area contributed by atoms with Crippen molar-refractivity contribution < 1.29 is 4.79 Å². The Labute approximate surface area is 111 Å². The maximum Gasteiger partial charge on any atom is 0.253 e. The topological polar surface area (TPSA) is 55.1 Å². The number of amides is 1. The van der Waals surface area contributed by atoms with E-state index in [2.05, 4.69) is 11.4 Å². The number of rotatable bonds is 4. The van der Waals surface area contributed by atoms with Gasteiger partial charge in [0.25, 0.3) is 5.91 Å². The van der Waals surface area contributed by atoms with Crippen molar-refractivity contribution in [1.82, 2.24) is 5.32 Å². The molecule has 0 aliphatic rings. The molecule has 1 aromatic heterocycles. The molecule has 4 heteroatoms. The second kappa shape index (κ2) is 5.69. The third kappa shape index (κ3) is 2.90. The highest BCUT2D eigenvalue weighted by molar-refractivity contribution is 7.09. The highest BCUT2D eigenvalue weighted by Crippen LogP contribution is 2.16. The van der Waals surface area contributed by atoms with Gasteiger partial charge < -0.3 is 11.1 Å². The van der Waals surface area contributed by atoms with Crippen LogP contribution in [0.5, 0.6) is 0 Å². The number of carbonyl (C=O) groups excluding carboxylic acids is 1. The zero-order valence-corrected chi connectivity index (χ0v) is 11.1. The fourth-order valence-electron chi connectivity index (χ4n) is 1.84. The van der Waals surface area contributed by atoms with Gasteiger partial charge >= 0.3 is 0 Å². The van der Waals surface area contributed by atoms with Gasteiger partial charge in [-0.1, -0.05) is 18.2 Å². The first-order chi connectivity index (χ1) is 8.68. The molecule has 1 aromatic carbocycles. The smallest absolute Gasteiger partial charge is 0.253 e. The van der Waals surface area contributed by atoms with Gasteiger partial charge in [0.05, 0.1) is 5.56 Å². The maximum absolute atomic E-state index is 12.0. The number of hydrogen-bond donors (Lipinski definition) is 2. The average molecular weight is 260 g/mol. The van der Waals surface area contributed by atoms with Gasteiger partial charge in [0.2, 0.25) is 0 Å². The largest absolute Gasteiger partial charge is 0.398 e. The second-order valence-electron chi connectivity index (χ2n) is 4.12. The first-order valence-electron chi connectivity index (χ1n) is 5.84. The van der Waals surface area contributed by atoms with Crippen LogP contribution in [0.1, 0.15) is 20.8 Å². The fraction of sp³-hybridized carbons (Fsp3) is 0.214. The van der Waals surface area contributed by atoms with Crippen LogP contribution in [-0.4, -0.2) is 12.5 Å². The Hall–Kier alpha value is -1.81. The Morgan fingerprint density at radius 2 is 2.17 bits per heavy atom. The first-order valence-corrected chi connectivity index (χ1v) is 6.72. The van der Waals surface area contributed by atoms with Gasteiger partial charge in [0, 0.05) is 17.1 Å². The highest BCUT2D eigenvalue weighted by Gasteiger charge is 2.11. The van der Waals surface area contributed by atoms with Crippen LogP contribution < -0.4 is 11.1 Å². The molecule has 0 spiro atoms. The molecule has 0 aliphatic heterocycles. The van der Waals surface area contributed by atoms with Crippen LogP contribution in [0.2, 0.25) is 0 Å². The molecule has 0 unspecified atom stereocenters. The minimum atomic E-state index is -0.0952. The third-order valence-corrected chi connectivity index (χ3v) is 3.71. The predicted octanol–water partition coefficient (Wildman–Crippen LogP) is 2.61. The number of carbonyl (C=O) groups is 1. The van der Waals surface area contributed by atoms with Crippen LogP contribution in [-0.2, 0) is 6.42 Å². The fourth-order valence-corrected chi connectivity index (χ4v) is 2.55. The van der Waals surface area contributed by atoms with E-state index < -0.39 is 0 Å². The highest BCUT2D eigenvalue weighted by atomic mass is 32.1. The van der Waals surface area contributed by atoms with Gasteiger partial charge in [-0.05, 0) is 36.4 Å². The van der Waals surface area contributed by atoms with Crippen LogP contribution in [0.15, 0.2) is 35.7 Å². The summed E-state index contributed by atoms with van der Waals surface area (Å²) in [6.07, 6.45) is 0.856. The lowest BCUT2D eigenvalue weighted by molar-refractivity contribution is 0.0954. The number of thiophene rings is 1. The third-order valence-electron chi connectivity index (χ3n) is 2.77. The monoisotopic (exact) mass is 260 g/mol. The van der Waals surface area contributed by atoms with Gasteiger partial charge in [0.15, 0.2) is 0 Å². The Morgan fingerprint density at radius 3 is 2.83 bits per heavy atom. The van der Waals surface area contributed by atoms with Crippen molar-refractivity contribution in [1.29, 1.82) is 0 Å². The van der Waals surface area contributed by atoms with Crippen LogP contribution in [0.4, 0.5) is 5.69 Å². The van der Waals surface area contributed by atoms with Crippen molar-refractivity contribution in [2.24, 2.45) is 0 Å². The summed E-state index contributed by atoms with van der Waals surface area (Å²) in [5.74, 6) is -0.0952. The van der Waals surface area contributed by atoms with Gasteiger partial charge in [-0.2, -0.15) is 0 Å². The van der Waals surface area contributed by atoms with Crippen LogP contribution in [0.3, 0.4) is 0 Å². The maximum atomic E-state index is 12.0. The molecule has 3 nitrogen and oxygen atoms in total. The minimum Gasteiger partial charge on any atom is -0.398 e.